The normalized spacial score (nSPS) is 12.0. The summed E-state index contributed by atoms with van der Waals surface area (Å²) in [4.78, 5) is 34.1. The molecule has 1 unspecified atom stereocenters. The van der Waals surface area contributed by atoms with Crippen LogP contribution in [0.3, 0.4) is 0 Å². The molecule has 5 N–H and O–H groups in total. The van der Waals surface area contributed by atoms with Gasteiger partial charge in [-0.3, -0.25) is 9.59 Å². The van der Waals surface area contributed by atoms with Crippen molar-refractivity contribution in [3.05, 3.63) is 40.2 Å². The molecule has 1 amide bonds. The van der Waals surface area contributed by atoms with Crippen LogP contribution in [0.2, 0.25) is 0 Å². The summed E-state index contributed by atoms with van der Waals surface area (Å²) in [7, 11) is 0. The van der Waals surface area contributed by atoms with Gasteiger partial charge in [-0.15, -0.1) is 0 Å². The smallest absolute Gasteiger partial charge is 0.349 e. The zero-order valence-electron chi connectivity index (χ0n) is 10.7. The van der Waals surface area contributed by atoms with E-state index < -0.39 is 23.5 Å². The summed E-state index contributed by atoms with van der Waals surface area (Å²) in [5, 5.41) is 20.6. The van der Waals surface area contributed by atoms with Crippen molar-refractivity contribution in [1.82, 2.24) is 5.32 Å². The van der Waals surface area contributed by atoms with Crippen LogP contribution in [0.15, 0.2) is 33.5 Å². The fourth-order valence-electron chi connectivity index (χ4n) is 1.64. The van der Waals surface area contributed by atoms with E-state index in [1.807, 2.05) is 0 Å². The standard InChI is InChI=1S/C13H12N2O6/c14-9(12(18)19)5-15-11(17)8-3-6-1-2-7(16)4-10(6)21-13(8)20/h1-4,9,16H,5,14H2,(H,15,17)(H,18,19). The first-order chi connectivity index (χ1) is 9.88. The van der Waals surface area contributed by atoms with Gasteiger partial charge >= 0.3 is 11.6 Å². The molecule has 0 aliphatic carbocycles. The average molecular weight is 292 g/mol. The van der Waals surface area contributed by atoms with Gasteiger partial charge in [0.2, 0.25) is 0 Å². The third kappa shape index (κ3) is 3.18. The minimum Gasteiger partial charge on any atom is -0.508 e. The second kappa shape index (κ2) is 5.63. The van der Waals surface area contributed by atoms with Crippen LogP contribution >= 0.6 is 0 Å². The number of fused-ring (bicyclic) bond motifs is 1. The van der Waals surface area contributed by atoms with Gasteiger partial charge in [0.15, 0.2) is 0 Å². The van der Waals surface area contributed by atoms with Crippen molar-refractivity contribution in [2.45, 2.75) is 6.04 Å². The first-order valence-electron chi connectivity index (χ1n) is 5.92. The van der Waals surface area contributed by atoms with Gasteiger partial charge in [-0.05, 0) is 18.2 Å². The number of benzene rings is 1. The molecule has 110 valence electrons. The molecule has 21 heavy (non-hydrogen) atoms. The van der Waals surface area contributed by atoms with Gasteiger partial charge in [-0.25, -0.2) is 4.79 Å². The number of hydrogen-bond acceptors (Lipinski definition) is 6. The van der Waals surface area contributed by atoms with E-state index in [1.165, 1.54) is 24.3 Å². The molecule has 0 aliphatic heterocycles. The van der Waals surface area contributed by atoms with Crippen molar-refractivity contribution in [2.24, 2.45) is 5.73 Å². The molecule has 0 radical (unpaired) electrons. The van der Waals surface area contributed by atoms with E-state index in [-0.39, 0.29) is 23.4 Å². The first kappa shape index (κ1) is 14.5. The van der Waals surface area contributed by atoms with E-state index in [0.29, 0.717) is 5.39 Å². The van der Waals surface area contributed by atoms with Crippen molar-refractivity contribution in [3.8, 4) is 5.75 Å². The second-order valence-electron chi connectivity index (χ2n) is 4.32. The number of carbonyl (C=O) groups is 2. The zero-order valence-corrected chi connectivity index (χ0v) is 10.7. The maximum Gasteiger partial charge on any atom is 0.349 e. The summed E-state index contributed by atoms with van der Waals surface area (Å²) in [6.07, 6.45) is 0. The average Bonchev–Trinajstić information content (AvgIpc) is 2.43. The fraction of sp³-hybridized carbons (Fsp3) is 0.154. The summed E-state index contributed by atoms with van der Waals surface area (Å²) < 4.78 is 4.93. The van der Waals surface area contributed by atoms with Crippen LogP contribution in [-0.2, 0) is 4.79 Å². The number of carboxylic acids is 1. The van der Waals surface area contributed by atoms with E-state index in [1.54, 1.807) is 0 Å². The number of hydrogen-bond donors (Lipinski definition) is 4. The molecule has 2 aromatic rings. The highest BCUT2D eigenvalue weighted by molar-refractivity contribution is 5.97. The molecule has 0 saturated heterocycles. The van der Waals surface area contributed by atoms with E-state index in [9.17, 15) is 19.5 Å². The van der Waals surface area contributed by atoms with Gasteiger partial charge in [0.25, 0.3) is 5.91 Å². The maximum absolute atomic E-state index is 11.8. The summed E-state index contributed by atoms with van der Waals surface area (Å²) >= 11 is 0. The summed E-state index contributed by atoms with van der Waals surface area (Å²) in [5.41, 5.74) is 4.22. The summed E-state index contributed by atoms with van der Waals surface area (Å²) in [6.45, 7) is -0.318. The Morgan fingerprint density at radius 3 is 2.71 bits per heavy atom. The lowest BCUT2D eigenvalue weighted by Crippen LogP contribution is -2.43. The maximum atomic E-state index is 11.8. The minimum atomic E-state index is -1.27. The van der Waals surface area contributed by atoms with Crippen molar-refractivity contribution < 1.29 is 24.2 Å². The van der Waals surface area contributed by atoms with Gasteiger partial charge in [-0.2, -0.15) is 0 Å². The lowest BCUT2D eigenvalue weighted by atomic mass is 10.1. The van der Waals surface area contributed by atoms with E-state index >= 15 is 0 Å². The monoisotopic (exact) mass is 292 g/mol. The van der Waals surface area contributed by atoms with Gasteiger partial charge < -0.3 is 25.7 Å². The van der Waals surface area contributed by atoms with Gasteiger partial charge in [0.1, 0.15) is 22.9 Å². The lowest BCUT2D eigenvalue weighted by molar-refractivity contribution is -0.138. The number of amides is 1. The number of aromatic hydroxyl groups is 1. The van der Waals surface area contributed by atoms with Crippen LogP contribution in [0.25, 0.3) is 11.0 Å². The molecule has 0 aliphatic rings. The number of phenolic OH excluding ortho intramolecular Hbond substituents is 1. The van der Waals surface area contributed by atoms with Gasteiger partial charge in [0, 0.05) is 18.0 Å². The van der Waals surface area contributed by atoms with Crippen LogP contribution in [0.1, 0.15) is 10.4 Å². The SMILES string of the molecule is NC(CNC(=O)c1cc2ccc(O)cc2oc1=O)C(=O)O. The molecule has 0 saturated carbocycles. The Morgan fingerprint density at radius 1 is 1.33 bits per heavy atom. The zero-order chi connectivity index (χ0) is 15.6. The Morgan fingerprint density at radius 2 is 2.05 bits per heavy atom. The molecule has 8 nitrogen and oxygen atoms in total. The molecule has 1 aromatic carbocycles. The Hall–Kier alpha value is -2.87. The van der Waals surface area contributed by atoms with Crippen LogP contribution in [0.5, 0.6) is 5.75 Å². The molecule has 1 aromatic heterocycles. The van der Waals surface area contributed by atoms with Crippen LogP contribution in [-0.4, -0.2) is 34.7 Å². The van der Waals surface area contributed by atoms with E-state index in [0.717, 1.165) is 0 Å². The molecular weight excluding hydrogens is 280 g/mol. The minimum absolute atomic E-state index is 0.0738. The summed E-state index contributed by atoms with van der Waals surface area (Å²) in [6, 6.07) is 4.14. The number of rotatable bonds is 4. The Kier molecular flexibility index (Phi) is 3.90. The van der Waals surface area contributed by atoms with Crippen LogP contribution in [0.4, 0.5) is 0 Å². The Labute approximate surface area is 117 Å². The van der Waals surface area contributed by atoms with Gasteiger partial charge in [-0.1, -0.05) is 0 Å². The van der Waals surface area contributed by atoms with E-state index in [2.05, 4.69) is 5.32 Å². The first-order valence-corrected chi connectivity index (χ1v) is 5.92. The summed E-state index contributed by atoms with van der Waals surface area (Å²) in [5.74, 6) is -2.12. The third-order valence-electron chi connectivity index (χ3n) is 2.76. The van der Waals surface area contributed by atoms with Crippen LogP contribution < -0.4 is 16.7 Å². The topological polar surface area (TPSA) is 143 Å². The molecule has 1 heterocycles. The van der Waals surface area contributed by atoms with Crippen molar-refractivity contribution in [1.29, 1.82) is 0 Å². The van der Waals surface area contributed by atoms with Crippen molar-refractivity contribution in [2.75, 3.05) is 6.54 Å². The molecular formula is C13H12N2O6. The van der Waals surface area contributed by atoms with Crippen LogP contribution in [0, 0.1) is 0 Å². The Balaban J connectivity index is 2.27. The number of nitrogens with one attached hydrogen (secondary N) is 1. The number of phenols is 1. The van der Waals surface area contributed by atoms with E-state index in [4.69, 9.17) is 15.3 Å². The second-order valence-corrected chi connectivity index (χ2v) is 4.32. The molecule has 0 spiro atoms. The van der Waals surface area contributed by atoms with Gasteiger partial charge in [0.05, 0.1) is 0 Å². The highest BCUT2D eigenvalue weighted by atomic mass is 16.4. The highest BCUT2D eigenvalue weighted by Gasteiger charge is 2.17. The number of carbonyl (C=O) groups excluding carboxylic acids is 1. The molecule has 2 rings (SSSR count). The molecule has 0 fully saturated rings. The highest BCUT2D eigenvalue weighted by Crippen LogP contribution is 2.19. The van der Waals surface area contributed by atoms with Crippen molar-refractivity contribution >= 4 is 22.8 Å². The molecule has 1 atom stereocenters. The quantitative estimate of drug-likeness (QED) is 0.563. The molecule has 0 bridgehead atoms. The number of carboxylic acid groups (broad SMARTS) is 1. The molecule has 8 heteroatoms. The predicted molar refractivity (Wildman–Crippen MR) is 72.1 cm³/mol. The predicted octanol–water partition coefficient (Wildman–Crippen LogP) is -0.360. The lowest BCUT2D eigenvalue weighted by Gasteiger charge is -2.08. The van der Waals surface area contributed by atoms with Crippen molar-refractivity contribution in [3.63, 3.8) is 0 Å². The largest absolute Gasteiger partial charge is 0.508 e. The number of aliphatic carboxylic acids is 1. The fourth-order valence-corrected chi connectivity index (χ4v) is 1.64. The number of nitrogens with two attached hydrogens (primary N) is 1. The third-order valence-corrected chi connectivity index (χ3v) is 2.76. The Bertz CT molecular complexity index is 767.